The van der Waals surface area contributed by atoms with Crippen molar-refractivity contribution in [1.29, 1.82) is 0 Å². The molecule has 0 N–H and O–H groups in total. The van der Waals surface area contributed by atoms with Crippen LogP contribution < -0.4 is 9.47 Å². The number of alkyl halides is 3. The number of hydrogen-bond acceptors (Lipinski definition) is 3. The van der Waals surface area contributed by atoms with Crippen LogP contribution in [0.2, 0.25) is 0 Å². The zero-order valence-electron chi connectivity index (χ0n) is 9.08. The lowest BCUT2D eigenvalue weighted by atomic mass is 10.1. The van der Waals surface area contributed by atoms with Crippen LogP contribution in [-0.2, 0) is 11.2 Å². The minimum Gasteiger partial charge on any atom is -0.493 e. The molecule has 0 heterocycles. The van der Waals surface area contributed by atoms with Gasteiger partial charge in [0.2, 0.25) is 0 Å². The Morgan fingerprint density at radius 1 is 1.35 bits per heavy atom. The van der Waals surface area contributed by atoms with Crippen molar-refractivity contribution in [2.75, 3.05) is 7.11 Å². The first-order valence-corrected chi connectivity index (χ1v) is 4.83. The number of benzene rings is 1. The number of aryl methyl sites for hydroxylation is 1. The van der Waals surface area contributed by atoms with Gasteiger partial charge in [-0.05, 0) is 18.1 Å². The average molecular weight is 248 g/mol. The van der Waals surface area contributed by atoms with Crippen molar-refractivity contribution in [2.45, 2.75) is 19.2 Å². The highest BCUT2D eigenvalue weighted by Gasteiger charge is 2.32. The third-order valence-electron chi connectivity index (χ3n) is 2.02. The molecule has 0 spiro atoms. The Labute approximate surface area is 96.1 Å². The summed E-state index contributed by atoms with van der Waals surface area (Å²) in [6, 6.07) is 4.17. The van der Waals surface area contributed by atoms with Crippen LogP contribution in [0.4, 0.5) is 13.2 Å². The fraction of sp³-hybridized carbons (Fsp3) is 0.364. The van der Waals surface area contributed by atoms with E-state index in [-0.39, 0.29) is 12.2 Å². The molecule has 3 nitrogen and oxygen atoms in total. The molecule has 0 bridgehead atoms. The monoisotopic (exact) mass is 248 g/mol. The van der Waals surface area contributed by atoms with Crippen LogP contribution in [0.5, 0.6) is 11.5 Å². The molecular weight excluding hydrogens is 237 g/mol. The summed E-state index contributed by atoms with van der Waals surface area (Å²) in [7, 11) is 1.25. The SMILES string of the molecule is COc1c(CCC=O)cccc1OC(F)(F)F. The van der Waals surface area contributed by atoms with Crippen LogP contribution in [0.1, 0.15) is 12.0 Å². The second-order valence-electron chi connectivity index (χ2n) is 3.20. The normalized spacial score (nSPS) is 11.1. The van der Waals surface area contributed by atoms with Gasteiger partial charge in [0.05, 0.1) is 7.11 Å². The number of rotatable bonds is 5. The van der Waals surface area contributed by atoms with Crippen molar-refractivity contribution >= 4 is 6.29 Å². The molecule has 0 saturated heterocycles. The van der Waals surface area contributed by atoms with Crippen molar-refractivity contribution in [3.63, 3.8) is 0 Å². The number of aldehydes is 1. The lowest BCUT2D eigenvalue weighted by Gasteiger charge is -2.15. The Morgan fingerprint density at radius 2 is 2.06 bits per heavy atom. The first-order valence-electron chi connectivity index (χ1n) is 4.83. The van der Waals surface area contributed by atoms with E-state index in [1.807, 2.05) is 0 Å². The summed E-state index contributed by atoms with van der Waals surface area (Å²) in [6.07, 6.45) is -3.55. The lowest BCUT2D eigenvalue weighted by molar-refractivity contribution is -0.275. The predicted molar refractivity (Wildman–Crippen MR) is 54.1 cm³/mol. The summed E-state index contributed by atoms with van der Waals surface area (Å²) >= 11 is 0. The van der Waals surface area contributed by atoms with Gasteiger partial charge in [-0.25, -0.2) is 0 Å². The molecule has 0 radical (unpaired) electrons. The average Bonchev–Trinajstić information content (AvgIpc) is 2.24. The van der Waals surface area contributed by atoms with Gasteiger partial charge in [0, 0.05) is 6.42 Å². The van der Waals surface area contributed by atoms with Crippen molar-refractivity contribution in [1.82, 2.24) is 0 Å². The van der Waals surface area contributed by atoms with Crippen molar-refractivity contribution in [2.24, 2.45) is 0 Å². The largest absolute Gasteiger partial charge is 0.573 e. The maximum absolute atomic E-state index is 12.1. The number of hydrogen-bond donors (Lipinski definition) is 0. The number of halogens is 3. The smallest absolute Gasteiger partial charge is 0.493 e. The van der Waals surface area contributed by atoms with Gasteiger partial charge < -0.3 is 14.3 Å². The summed E-state index contributed by atoms with van der Waals surface area (Å²) in [5.41, 5.74) is 0.501. The molecule has 0 aromatic heterocycles. The third kappa shape index (κ3) is 3.97. The van der Waals surface area contributed by atoms with Crippen molar-refractivity contribution in [3.8, 4) is 11.5 Å². The fourth-order valence-electron chi connectivity index (χ4n) is 1.41. The molecule has 0 fully saturated rings. The van der Waals surface area contributed by atoms with E-state index < -0.39 is 12.1 Å². The molecule has 94 valence electrons. The zero-order valence-corrected chi connectivity index (χ0v) is 9.08. The summed E-state index contributed by atoms with van der Waals surface area (Å²) in [5, 5.41) is 0. The maximum atomic E-state index is 12.1. The number of carbonyl (C=O) groups is 1. The first-order chi connectivity index (χ1) is 7.98. The Kier molecular flexibility index (Phi) is 4.37. The van der Waals surface area contributed by atoms with E-state index in [4.69, 9.17) is 4.74 Å². The number of ether oxygens (including phenoxy) is 2. The second kappa shape index (κ2) is 5.56. The van der Waals surface area contributed by atoms with Crippen LogP contribution in [0.3, 0.4) is 0 Å². The molecule has 0 amide bonds. The van der Waals surface area contributed by atoms with Crippen molar-refractivity contribution in [3.05, 3.63) is 23.8 Å². The zero-order chi connectivity index (χ0) is 12.9. The molecular formula is C11H11F3O3. The Balaban J connectivity index is 3.00. The summed E-state index contributed by atoms with van der Waals surface area (Å²) < 4.78 is 45.0. The van der Waals surface area contributed by atoms with E-state index in [1.165, 1.54) is 13.2 Å². The molecule has 17 heavy (non-hydrogen) atoms. The van der Waals surface area contributed by atoms with Crippen LogP contribution in [0.25, 0.3) is 0 Å². The molecule has 0 atom stereocenters. The summed E-state index contributed by atoms with van der Waals surface area (Å²) in [5.74, 6) is -0.393. The molecule has 0 aliphatic carbocycles. The Morgan fingerprint density at radius 3 is 2.59 bits per heavy atom. The molecule has 0 aliphatic rings. The molecule has 6 heteroatoms. The van der Waals surface area contributed by atoms with Crippen LogP contribution >= 0.6 is 0 Å². The maximum Gasteiger partial charge on any atom is 0.573 e. The van der Waals surface area contributed by atoms with E-state index in [2.05, 4.69) is 4.74 Å². The minimum atomic E-state index is -4.77. The van der Waals surface area contributed by atoms with Gasteiger partial charge in [0.25, 0.3) is 0 Å². The number of methoxy groups -OCH3 is 1. The van der Waals surface area contributed by atoms with Crippen molar-refractivity contribution < 1.29 is 27.4 Å². The third-order valence-corrected chi connectivity index (χ3v) is 2.02. The van der Waals surface area contributed by atoms with E-state index in [1.54, 1.807) is 6.07 Å². The molecule has 0 aliphatic heterocycles. The first kappa shape index (κ1) is 13.3. The minimum absolute atomic E-state index is 0.00618. The van der Waals surface area contributed by atoms with Crippen LogP contribution in [0, 0.1) is 0 Å². The van der Waals surface area contributed by atoms with Crippen LogP contribution in [0.15, 0.2) is 18.2 Å². The van der Waals surface area contributed by atoms with Gasteiger partial charge >= 0.3 is 6.36 Å². The Bertz CT molecular complexity index is 388. The van der Waals surface area contributed by atoms with E-state index in [0.717, 1.165) is 6.07 Å². The fourth-order valence-corrected chi connectivity index (χ4v) is 1.41. The molecule has 1 aromatic rings. The van der Waals surface area contributed by atoms with Gasteiger partial charge in [-0.1, -0.05) is 12.1 Å². The molecule has 1 aromatic carbocycles. The highest BCUT2D eigenvalue weighted by atomic mass is 19.4. The highest BCUT2D eigenvalue weighted by molar-refractivity contribution is 5.53. The van der Waals surface area contributed by atoms with Gasteiger partial charge in [0.15, 0.2) is 11.5 Å². The number of carbonyl (C=O) groups excluding carboxylic acids is 1. The van der Waals surface area contributed by atoms with E-state index >= 15 is 0 Å². The highest BCUT2D eigenvalue weighted by Crippen LogP contribution is 2.35. The second-order valence-corrected chi connectivity index (χ2v) is 3.20. The lowest BCUT2D eigenvalue weighted by Crippen LogP contribution is -2.17. The van der Waals surface area contributed by atoms with Gasteiger partial charge in [-0.3, -0.25) is 0 Å². The van der Waals surface area contributed by atoms with Gasteiger partial charge in [-0.15, -0.1) is 13.2 Å². The van der Waals surface area contributed by atoms with Crippen LogP contribution in [-0.4, -0.2) is 19.8 Å². The van der Waals surface area contributed by atoms with E-state index in [9.17, 15) is 18.0 Å². The topological polar surface area (TPSA) is 35.5 Å². The summed E-state index contributed by atoms with van der Waals surface area (Å²) in [6.45, 7) is 0. The number of para-hydroxylation sites is 1. The van der Waals surface area contributed by atoms with Gasteiger partial charge in [-0.2, -0.15) is 0 Å². The predicted octanol–water partition coefficient (Wildman–Crippen LogP) is 2.73. The quantitative estimate of drug-likeness (QED) is 0.751. The molecule has 0 unspecified atom stereocenters. The van der Waals surface area contributed by atoms with E-state index in [0.29, 0.717) is 18.3 Å². The Hall–Kier alpha value is -1.72. The molecule has 1 rings (SSSR count). The standard InChI is InChI=1S/C11H11F3O3/c1-16-10-8(5-3-7-15)4-2-6-9(10)17-11(12,13)14/h2,4,6-7H,3,5H2,1H3. The van der Waals surface area contributed by atoms with Gasteiger partial charge in [0.1, 0.15) is 6.29 Å². The molecule has 0 saturated carbocycles. The summed E-state index contributed by atoms with van der Waals surface area (Å²) in [4.78, 5) is 10.2.